The van der Waals surface area contributed by atoms with Gasteiger partial charge in [0.05, 0.1) is 11.6 Å². The van der Waals surface area contributed by atoms with E-state index in [1.165, 1.54) is 28.8 Å². The summed E-state index contributed by atoms with van der Waals surface area (Å²) in [5, 5.41) is 1.26. The summed E-state index contributed by atoms with van der Waals surface area (Å²) in [7, 11) is 2.09. The van der Waals surface area contributed by atoms with Crippen LogP contribution in [0.2, 0.25) is 0 Å². The molecule has 4 rings (SSSR count). The van der Waals surface area contributed by atoms with Gasteiger partial charge in [-0.15, -0.1) is 0 Å². The first kappa shape index (κ1) is 17.2. The Kier molecular flexibility index (Phi) is 4.27. The Bertz CT molecular complexity index is 926. The van der Waals surface area contributed by atoms with Gasteiger partial charge in [-0.3, -0.25) is 4.90 Å². The van der Waals surface area contributed by atoms with Crippen LogP contribution in [0.4, 0.5) is 13.2 Å². The van der Waals surface area contributed by atoms with E-state index in [2.05, 4.69) is 29.1 Å². The zero-order valence-electron chi connectivity index (χ0n) is 14.6. The van der Waals surface area contributed by atoms with E-state index in [1.54, 1.807) is 6.07 Å². The molecule has 0 radical (unpaired) electrons. The average Bonchev–Trinajstić information content (AvgIpc) is 2.99. The van der Waals surface area contributed by atoms with Gasteiger partial charge < -0.3 is 4.98 Å². The van der Waals surface area contributed by atoms with Crippen LogP contribution in [0.5, 0.6) is 0 Å². The summed E-state index contributed by atoms with van der Waals surface area (Å²) >= 11 is 0. The number of aromatic nitrogens is 1. The van der Waals surface area contributed by atoms with E-state index in [4.69, 9.17) is 0 Å². The Balaban J connectivity index is 1.59. The van der Waals surface area contributed by atoms with Gasteiger partial charge in [-0.2, -0.15) is 13.2 Å². The summed E-state index contributed by atoms with van der Waals surface area (Å²) in [6.45, 7) is 0.960. The SMILES string of the molecule is CN1CCc2c([nH]c3ccccc23)C1CCc1cccc(C(F)(F)F)c1. The smallest absolute Gasteiger partial charge is 0.357 e. The predicted octanol–water partition coefficient (Wildman–Crippen LogP) is 5.35. The highest BCUT2D eigenvalue weighted by Gasteiger charge is 2.31. The highest BCUT2D eigenvalue weighted by molar-refractivity contribution is 5.85. The van der Waals surface area contributed by atoms with Crippen LogP contribution in [-0.2, 0) is 19.0 Å². The van der Waals surface area contributed by atoms with Crippen LogP contribution >= 0.6 is 0 Å². The third kappa shape index (κ3) is 3.12. The van der Waals surface area contributed by atoms with E-state index >= 15 is 0 Å². The molecule has 0 saturated heterocycles. The van der Waals surface area contributed by atoms with E-state index in [1.807, 2.05) is 12.1 Å². The Morgan fingerprint density at radius 2 is 1.92 bits per heavy atom. The van der Waals surface area contributed by atoms with Crippen LogP contribution in [0, 0.1) is 0 Å². The number of alkyl halides is 3. The zero-order valence-corrected chi connectivity index (χ0v) is 14.6. The number of nitrogens with one attached hydrogen (secondary N) is 1. The number of aryl methyl sites for hydroxylation is 1. The van der Waals surface area contributed by atoms with E-state index in [-0.39, 0.29) is 6.04 Å². The van der Waals surface area contributed by atoms with Crippen LogP contribution in [0.15, 0.2) is 48.5 Å². The normalized spacial score (nSPS) is 18.2. The standard InChI is InChI=1S/C21H21F3N2/c1-26-12-11-17-16-7-2-3-8-18(16)25-20(17)19(26)10-9-14-5-4-6-15(13-14)21(22,23)24/h2-8,13,19,25H,9-12H2,1H3. The van der Waals surface area contributed by atoms with Crippen molar-refractivity contribution in [2.75, 3.05) is 13.6 Å². The first-order chi connectivity index (χ1) is 12.4. The number of nitrogens with zero attached hydrogens (tertiary/aromatic N) is 1. The number of hydrogen-bond acceptors (Lipinski definition) is 1. The largest absolute Gasteiger partial charge is 0.416 e. The lowest BCUT2D eigenvalue weighted by atomic mass is 9.93. The van der Waals surface area contributed by atoms with Crippen molar-refractivity contribution in [2.24, 2.45) is 0 Å². The fraction of sp³-hybridized carbons (Fsp3) is 0.333. The predicted molar refractivity (Wildman–Crippen MR) is 97.1 cm³/mol. The highest BCUT2D eigenvalue weighted by atomic mass is 19.4. The zero-order chi connectivity index (χ0) is 18.3. The third-order valence-corrected chi connectivity index (χ3v) is 5.39. The maximum absolute atomic E-state index is 12.9. The number of rotatable bonds is 3. The number of likely N-dealkylation sites (N-methyl/N-ethyl adjacent to an activating group) is 1. The van der Waals surface area contributed by atoms with Gasteiger partial charge in [-0.05, 0) is 49.6 Å². The molecule has 1 aromatic heterocycles. The Morgan fingerprint density at radius 3 is 2.73 bits per heavy atom. The second kappa shape index (κ2) is 6.47. The van der Waals surface area contributed by atoms with Crippen LogP contribution in [-0.4, -0.2) is 23.5 Å². The van der Waals surface area contributed by atoms with Crippen LogP contribution in [0.3, 0.4) is 0 Å². The molecule has 1 aliphatic rings. The first-order valence-electron chi connectivity index (χ1n) is 8.89. The van der Waals surface area contributed by atoms with Crippen LogP contribution in [0.1, 0.15) is 34.8 Å². The van der Waals surface area contributed by atoms with Crippen molar-refractivity contribution in [1.29, 1.82) is 0 Å². The van der Waals surface area contributed by atoms with Crippen molar-refractivity contribution in [3.05, 3.63) is 70.9 Å². The molecule has 0 aliphatic carbocycles. The maximum Gasteiger partial charge on any atom is 0.416 e. The summed E-state index contributed by atoms with van der Waals surface area (Å²) in [4.78, 5) is 5.84. The topological polar surface area (TPSA) is 19.0 Å². The molecule has 0 fully saturated rings. The minimum Gasteiger partial charge on any atom is -0.357 e. The van der Waals surface area contributed by atoms with Crippen molar-refractivity contribution < 1.29 is 13.2 Å². The molecule has 5 heteroatoms. The third-order valence-electron chi connectivity index (χ3n) is 5.39. The minimum atomic E-state index is -4.29. The Hall–Kier alpha value is -2.27. The summed E-state index contributed by atoms with van der Waals surface area (Å²) in [5.41, 5.74) is 3.87. The van der Waals surface area contributed by atoms with Gasteiger partial charge in [0.25, 0.3) is 0 Å². The lowest BCUT2D eigenvalue weighted by molar-refractivity contribution is -0.137. The summed E-state index contributed by atoms with van der Waals surface area (Å²) < 4.78 is 38.8. The van der Waals surface area contributed by atoms with Gasteiger partial charge in [0.15, 0.2) is 0 Å². The Labute approximate surface area is 150 Å². The van der Waals surface area contributed by atoms with Gasteiger partial charge in [0.1, 0.15) is 0 Å². The highest BCUT2D eigenvalue weighted by Crippen LogP contribution is 2.36. The summed E-state index contributed by atoms with van der Waals surface area (Å²) in [6.07, 6.45) is -1.89. The number of para-hydroxylation sites is 1. The molecule has 2 nitrogen and oxygen atoms in total. The maximum atomic E-state index is 12.9. The van der Waals surface area contributed by atoms with Gasteiger partial charge in [0, 0.05) is 23.1 Å². The van der Waals surface area contributed by atoms with E-state index < -0.39 is 11.7 Å². The molecule has 2 aromatic carbocycles. The second-order valence-electron chi connectivity index (χ2n) is 7.05. The van der Waals surface area contributed by atoms with Crippen molar-refractivity contribution in [3.8, 4) is 0 Å². The van der Waals surface area contributed by atoms with Gasteiger partial charge in [0.2, 0.25) is 0 Å². The van der Waals surface area contributed by atoms with Gasteiger partial charge >= 0.3 is 6.18 Å². The molecule has 0 saturated carbocycles. The van der Waals surface area contributed by atoms with Gasteiger partial charge in [-0.25, -0.2) is 0 Å². The Morgan fingerprint density at radius 1 is 1.12 bits per heavy atom. The van der Waals surface area contributed by atoms with E-state index in [0.717, 1.165) is 36.5 Å². The van der Waals surface area contributed by atoms with Crippen molar-refractivity contribution in [3.63, 3.8) is 0 Å². The minimum absolute atomic E-state index is 0.195. The fourth-order valence-electron chi connectivity index (χ4n) is 4.01. The molecule has 1 atom stereocenters. The molecule has 26 heavy (non-hydrogen) atoms. The van der Waals surface area contributed by atoms with Crippen LogP contribution in [0.25, 0.3) is 10.9 Å². The van der Waals surface area contributed by atoms with E-state index in [9.17, 15) is 13.2 Å². The lowest BCUT2D eigenvalue weighted by Crippen LogP contribution is -2.32. The number of halogens is 3. The number of fused-ring (bicyclic) bond motifs is 3. The molecule has 2 heterocycles. The van der Waals surface area contributed by atoms with Gasteiger partial charge in [-0.1, -0.05) is 36.4 Å². The number of hydrogen-bond donors (Lipinski definition) is 1. The molecule has 1 N–H and O–H groups in total. The monoisotopic (exact) mass is 358 g/mol. The molecule has 1 aliphatic heterocycles. The van der Waals surface area contributed by atoms with Crippen molar-refractivity contribution >= 4 is 10.9 Å². The molecular formula is C21H21F3N2. The first-order valence-corrected chi connectivity index (χ1v) is 8.89. The molecule has 3 aromatic rings. The fourth-order valence-corrected chi connectivity index (χ4v) is 4.01. The quantitative estimate of drug-likeness (QED) is 0.669. The number of benzene rings is 2. The average molecular weight is 358 g/mol. The summed E-state index contributed by atoms with van der Waals surface area (Å²) in [5.74, 6) is 0. The second-order valence-corrected chi connectivity index (χ2v) is 7.05. The van der Waals surface area contributed by atoms with Crippen LogP contribution < -0.4 is 0 Å². The molecule has 136 valence electrons. The molecule has 0 spiro atoms. The lowest BCUT2D eigenvalue weighted by Gasteiger charge is -2.33. The molecule has 0 bridgehead atoms. The molecular weight excluding hydrogens is 337 g/mol. The summed E-state index contributed by atoms with van der Waals surface area (Å²) in [6, 6.07) is 14.2. The van der Waals surface area contributed by atoms with E-state index in [0.29, 0.717) is 6.42 Å². The van der Waals surface area contributed by atoms with Crippen molar-refractivity contribution in [2.45, 2.75) is 31.5 Å². The number of aromatic amines is 1. The van der Waals surface area contributed by atoms with Crippen molar-refractivity contribution in [1.82, 2.24) is 9.88 Å². The number of H-pyrrole nitrogens is 1. The molecule has 1 unspecified atom stereocenters. The molecule has 0 amide bonds.